The number of carboxylic acids is 1. The summed E-state index contributed by atoms with van der Waals surface area (Å²) in [6, 6.07) is 8.79. The third-order valence-electron chi connectivity index (χ3n) is 4.74. The fraction of sp³-hybridized carbons (Fsp3) is 0.500. The van der Waals surface area contributed by atoms with E-state index in [0.717, 1.165) is 19.3 Å². The van der Waals surface area contributed by atoms with Gasteiger partial charge >= 0.3 is 5.97 Å². The highest BCUT2D eigenvalue weighted by molar-refractivity contribution is 7.12. The fourth-order valence-electron chi connectivity index (χ4n) is 3.24. The minimum absolute atomic E-state index is 0.118. The number of rotatable bonds is 7. The van der Waals surface area contributed by atoms with Crippen molar-refractivity contribution in [2.45, 2.75) is 66.7 Å². The summed E-state index contributed by atoms with van der Waals surface area (Å²) in [5.74, 6) is -0.698. The Morgan fingerprint density at radius 2 is 1.88 bits per heavy atom. The third-order valence-corrected chi connectivity index (χ3v) is 5.89. The van der Waals surface area contributed by atoms with Crippen LogP contribution in [0.4, 0.5) is 0 Å². The summed E-state index contributed by atoms with van der Waals surface area (Å²) in [5, 5.41) is 11.8. The first-order valence-corrected chi connectivity index (χ1v) is 9.94. The van der Waals surface area contributed by atoms with Gasteiger partial charge in [-0.3, -0.25) is 4.79 Å². The molecule has 0 aromatic carbocycles. The molecule has 3 heteroatoms. The summed E-state index contributed by atoms with van der Waals surface area (Å²) < 4.78 is 0. The van der Waals surface area contributed by atoms with Crippen LogP contribution in [0, 0.1) is 29.7 Å². The van der Waals surface area contributed by atoms with Crippen LogP contribution in [0.5, 0.6) is 0 Å². The summed E-state index contributed by atoms with van der Waals surface area (Å²) in [6.45, 7) is 10.6. The zero-order valence-corrected chi connectivity index (χ0v) is 16.9. The van der Waals surface area contributed by atoms with Gasteiger partial charge in [0.05, 0.1) is 6.42 Å². The van der Waals surface area contributed by atoms with Gasteiger partial charge in [0.15, 0.2) is 0 Å². The van der Waals surface area contributed by atoms with E-state index in [2.05, 4.69) is 45.0 Å². The van der Waals surface area contributed by atoms with Crippen molar-refractivity contribution in [1.29, 1.82) is 0 Å². The van der Waals surface area contributed by atoms with Gasteiger partial charge in [-0.15, -0.1) is 11.3 Å². The molecule has 3 rings (SSSR count). The highest BCUT2D eigenvalue weighted by atomic mass is 32.1. The van der Waals surface area contributed by atoms with Gasteiger partial charge in [-0.05, 0) is 66.2 Å². The second-order valence-electron chi connectivity index (χ2n) is 7.82. The molecule has 0 saturated heterocycles. The number of carbonyl (C=O) groups is 1. The molecule has 2 nitrogen and oxygen atoms in total. The summed E-state index contributed by atoms with van der Waals surface area (Å²) in [5.41, 5.74) is 2.79. The molecule has 0 radical (unpaired) electrons. The molecule has 0 spiro atoms. The summed E-state index contributed by atoms with van der Waals surface area (Å²) in [7, 11) is 0. The number of aliphatic carboxylic acids is 1. The van der Waals surface area contributed by atoms with Gasteiger partial charge in [0.1, 0.15) is 0 Å². The zero-order chi connectivity index (χ0) is 18.6. The molecule has 0 atom stereocenters. The predicted molar refractivity (Wildman–Crippen MR) is 106 cm³/mol. The Labute approximate surface area is 155 Å². The van der Waals surface area contributed by atoms with Crippen molar-refractivity contribution in [3.63, 3.8) is 0 Å². The van der Waals surface area contributed by atoms with Crippen LogP contribution in [0.15, 0.2) is 24.3 Å². The van der Waals surface area contributed by atoms with Gasteiger partial charge < -0.3 is 5.11 Å². The van der Waals surface area contributed by atoms with Crippen molar-refractivity contribution < 1.29 is 9.90 Å². The van der Waals surface area contributed by atoms with E-state index >= 15 is 0 Å². The Balaban J connectivity index is 0.000000261. The predicted octanol–water partition coefficient (Wildman–Crippen LogP) is 6.04. The van der Waals surface area contributed by atoms with E-state index < -0.39 is 5.97 Å². The van der Waals surface area contributed by atoms with E-state index in [4.69, 9.17) is 5.11 Å². The largest absolute Gasteiger partial charge is 0.481 e. The number of hydrogen-bond donors (Lipinski definition) is 1. The van der Waals surface area contributed by atoms with E-state index in [9.17, 15) is 4.79 Å². The van der Waals surface area contributed by atoms with Crippen LogP contribution in [-0.2, 0) is 17.6 Å². The van der Waals surface area contributed by atoms with Gasteiger partial charge in [-0.2, -0.15) is 0 Å². The number of hydrogen-bond acceptors (Lipinski definition) is 2. The minimum atomic E-state index is -0.698. The van der Waals surface area contributed by atoms with Crippen LogP contribution < -0.4 is 0 Å². The Hall–Kier alpha value is -1.61. The summed E-state index contributed by atoms with van der Waals surface area (Å²) in [4.78, 5) is 13.6. The molecule has 1 heterocycles. The molecule has 2 aliphatic rings. The number of carboxylic acid groups (broad SMARTS) is 1. The molecule has 25 heavy (non-hydrogen) atoms. The number of aryl methyl sites for hydroxylation is 4. The Morgan fingerprint density at radius 1 is 1.16 bits per heavy atom. The monoisotopic (exact) mass is 358 g/mol. The van der Waals surface area contributed by atoms with E-state index in [-0.39, 0.29) is 11.8 Å². The van der Waals surface area contributed by atoms with Crippen LogP contribution in [0.3, 0.4) is 0 Å². The average molecular weight is 359 g/mol. The number of benzene rings is 1. The maximum absolute atomic E-state index is 10.8. The average Bonchev–Trinajstić information content (AvgIpc) is 2.82. The summed E-state index contributed by atoms with van der Waals surface area (Å²) in [6.07, 6.45) is 4.51. The molecule has 0 aliphatic heterocycles. The molecular weight excluding hydrogens is 328 g/mol. The second kappa shape index (κ2) is 8.18. The lowest BCUT2D eigenvalue weighted by Crippen LogP contribution is -2.17. The van der Waals surface area contributed by atoms with E-state index in [1.165, 1.54) is 37.7 Å². The maximum Gasteiger partial charge on any atom is 0.303 e. The second-order valence-corrected chi connectivity index (χ2v) is 9.16. The van der Waals surface area contributed by atoms with Crippen molar-refractivity contribution in [3.05, 3.63) is 55.6 Å². The Morgan fingerprint density at radius 3 is 2.28 bits per heavy atom. The highest BCUT2D eigenvalue weighted by Crippen LogP contribution is 2.31. The molecule has 1 N–H and O–H groups in total. The van der Waals surface area contributed by atoms with Crippen molar-refractivity contribution in [2.75, 3.05) is 0 Å². The van der Waals surface area contributed by atoms with E-state index in [0.29, 0.717) is 0 Å². The standard InChI is InChI=1S/C15H24O2S.C7H6/c1-5-6-12-9-11(2)18-13(12)7-8-15(3,4)10-14(16)17;1-5-4-6-2-3-7(5)6/h9H,5-8,10H2,1-4H3,(H,16,17);2-4H,1H3. The first-order chi connectivity index (χ1) is 11.7. The van der Waals surface area contributed by atoms with Crippen LogP contribution >= 0.6 is 11.3 Å². The topological polar surface area (TPSA) is 37.3 Å². The van der Waals surface area contributed by atoms with Crippen molar-refractivity contribution in [1.82, 2.24) is 0 Å². The molecule has 2 aliphatic carbocycles. The van der Waals surface area contributed by atoms with Crippen molar-refractivity contribution in [2.24, 2.45) is 5.41 Å². The third kappa shape index (κ3) is 5.43. The molecule has 0 unspecified atom stereocenters. The molecule has 136 valence electrons. The van der Waals surface area contributed by atoms with Gasteiger partial charge in [0.2, 0.25) is 0 Å². The van der Waals surface area contributed by atoms with E-state index in [1.54, 1.807) is 0 Å². The van der Waals surface area contributed by atoms with Crippen molar-refractivity contribution >= 4 is 17.3 Å². The first kappa shape index (κ1) is 19.7. The lowest BCUT2D eigenvalue weighted by molar-refractivity contribution is -0.139. The van der Waals surface area contributed by atoms with Gasteiger partial charge in [-0.1, -0.05) is 45.4 Å². The lowest BCUT2D eigenvalue weighted by Gasteiger charge is -2.22. The number of thiophene rings is 1. The van der Waals surface area contributed by atoms with Crippen LogP contribution in [-0.4, -0.2) is 11.1 Å². The molecule has 0 bridgehead atoms. The molecule has 0 amide bonds. The molecule has 1 aromatic rings. The van der Waals surface area contributed by atoms with Gasteiger partial charge in [0.25, 0.3) is 0 Å². The zero-order valence-electron chi connectivity index (χ0n) is 16.1. The van der Waals surface area contributed by atoms with Crippen molar-refractivity contribution in [3.8, 4) is 0 Å². The van der Waals surface area contributed by atoms with Crippen LogP contribution in [0.1, 0.15) is 60.9 Å². The van der Waals surface area contributed by atoms with E-state index in [1.807, 2.05) is 25.2 Å². The fourth-order valence-corrected chi connectivity index (χ4v) is 4.32. The van der Waals surface area contributed by atoms with Gasteiger partial charge in [0, 0.05) is 9.75 Å². The maximum atomic E-state index is 10.8. The molecular formula is C22H30O2S. The summed E-state index contributed by atoms with van der Waals surface area (Å²) >= 11 is 1.87. The molecule has 0 saturated carbocycles. The minimum Gasteiger partial charge on any atom is -0.481 e. The Bertz CT molecular complexity index is 830. The highest BCUT2D eigenvalue weighted by Gasteiger charge is 2.22. The SMILES string of the molecule is CCCc1cc(C)sc1CCC(C)(C)CC(=O)O.Cc1cc2ccc1=2. The Kier molecular flexibility index (Phi) is 6.45. The first-order valence-electron chi connectivity index (χ1n) is 9.13. The normalized spacial score (nSPS) is 11.7. The molecule has 1 aromatic heterocycles. The quantitative estimate of drug-likeness (QED) is 0.559. The van der Waals surface area contributed by atoms with Gasteiger partial charge in [-0.25, -0.2) is 0 Å². The van der Waals surface area contributed by atoms with Crippen LogP contribution in [0.25, 0.3) is 0 Å². The molecule has 0 fully saturated rings. The lowest BCUT2D eigenvalue weighted by atomic mass is 9.84. The smallest absolute Gasteiger partial charge is 0.303 e. The van der Waals surface area contributed by atoms with Crippen LogP contribution in [0.2, 0.25) is 0 Å².